The van der Waals surface area contributed by atoms with Crippen LogP contribution in [0.1, 0.15) is 58.6 Å². The van der Waals surface area contributed by atoms with Gasteiger partial charge >= 0.3 is 5.97 Å². The summed E-state index contributed by atoms with van der Waals surface area (Å²) < 4.78 is 14.3. The van der Waals surface area contributed by atoms with Gasteiger partial charge in [-0.1, -0.05) is 54.9 Å². The summed E-state index contributed by atoms with van der Waals surface area (Å²) in [7, 11) is 0. The van der Waals surface area contributed by atoms with Crippen molar-refractivity contribution in [3.8, 4) is 5.75 Å². The van der Waals surface area contributed by atoms with Gasteiger partial charge in [-0.15, -0.1) is 5.10 Å². The van der Waals surface area contributed by atoms with Crippen molar-refractivity contribution in [2.24, 2.45) is 0 Å². The van der Waals surface area contributed by atoms with E-state index in [1.807, 2.05) is 32.0 Å². The molecule has 2 heterocycles. The summed E-state index contributed by atoms with van der Waals surface area (Å²) in [5, 5.41) is 8.60. The van der Waals surface area contributed by atoms with E-state index in [0.29, 0.717) is 35.6 Å². The number of ether oxygens (including phenoxy) is 2. The molecule has 1 aromatic carbocycles. The van der Waals surface area contributed by atoms with Gasteiger partial charge in [0.05, 0.1) is 18.8 Å². The van der Waals surface area contributed by atoms with Crippen LogP contribution >= 0.6 is 27.7 Å². The number of allylic oxidation sites excluding steroid dienone is 1. The summed E-state index contributed by atoms with van der Waals surface area (Å²) >= 11 is 5.13. The van der Waals surface area contributed by atoms with Gasteiger partial charge in [-0.3, -0.25) is 0 Å². The third kappa shape index (κ3) is 5.44. The molecule has 9 heteroatoms. The summed E-state index contributed by atoms with van der Waals surface area (Å²) in [6.07, 6.45) is 2.75. The van der Waals surface area contributed by atoms with Gasteiger partial charge in [-0.2, -0.15) is 4.98 Å². The van der Waals surface area contributed by atoms with Crippen LogP contribution in [0.15, 0.2) is 39.1 Å². The summed E-state index contributed by atoms with van der Waals surface area (Å²) in [5.41, 5.74) is 2.06. The Bertz CT molecular complexity index is 960. The predicted octanol–water partition coefficient (Wildman–Crippen LogP) is 5.57. The fourth-order valence-corrected chi connectivity index (χ4v) is 4.27. The van der Waals surface area contributed by atoms with Gasteiger partial charge < -0.3 is 14.8 Å². The average Bonchev–Trinajstić information content (AvgIpc) is 3.14. The number of hydrogen-bond donors (Lipinski definition) is 1. The molecule has 0 saturated heterocycles. The zero-order chi connectivity index (χ0) is 22.4. The predicted molar refractivity (Wildman–Crippen MR) is 127 cm³/mol. The van der Waals surface area contributed by atoms with Crippen molar-refractivity contribution in [1.82, 2.24) is 14.8 Å². The van der Waals surface area contributed by atoms with E-state index in [4.69, 9.17) is 14.6 Å². The number of nitrogens with one attached hydrogen (secondary N) is 1. The summed E-state index contributed by atoms with van der Waals surface area (Å²) in [6, 6.07) is 5.35. The molecule has 0 amide bonds. The molecule has 3 rings (SSSR count). The van der Waals surface area contributed by atoms with E-state index in [0.717, 1.165) is 40.8 Å². The number of anilines is 1. The second-order valence-electron chi connectivity index (χ2n) is 7.18. The monoisotopic (exact) mass is 508 g/mol. The maximum absolute atomic E-state index is 13.1. The van der Waals surface area contributed by atoms with E-state index in [1.54, 1.807) is 16.4 Å². The zero-order valence-electron chi connectivity index (χ0n) is 18.4. The van der Waals surface area contributed by atoms with E-state index in [-0.39, 0.29) is 5.97 Å². The Kier molecular flexibility index (Phi) is 8.43. The molecule has 0 aliphatic carbocycles. The topological polar surface area (TPSA) is 78.3 Å². The number of rotatable bonds is 10. The number of thioether (sulfide) groups is 1. The van der Waals surface area contributed by atoms with Gasteiger partial charge in [0, 0.05) is 15.7 Å². The minimum absolute atomic E-state index is 0.359. The SMILES string of the molecule is CCCCOc1ccc(Br)cc1C1C(C(=O)OCCC)=C(C)Nc2nc(SCC)nn21. The number of fused-ring (bicyclic) bond motifs is 1. The fraction of sp³-hybridized carbons (Fsp3) is 0.500. The summed E-state index contributed by atoms with van der Waals surface area (Å²) in [6.45, 7) is 9.00. The lowest BCUT2D eigenvalue weighted by atomic mass is 9.95. The molecular formula is C22H29BrN4O3S. The molecule has 31 heavy (non-hydrogen) atoms. The van der Waals surface area contributed by atoms with E-state index in [1.165, 1.54) is 0 Å². The lowest BCUT2D eigenvalue weighted by Gasteiger charge is -2.29. The van der Waals surface area contributed by atoms with E-state index in [9.17, 15) is 4.79 Å². The number of carbonyl (C=O) groups is 1. The number of benzene rings is 1. The van der Waals surface area contributed by atoms with E-state index in [2.05, 4.69) is 40.1 Å². The van der Waals surface area contributed by atoms with Crippen LogP contribution in [0.5, 0.6) is 5.75 Å². The Balaban J connectivity index is 2.13. The van der Waals surface area contributed by atoms with Crippen molar-refractivity contribution in [2.75, 3.05) is 24.3 Å². The smallest absolute Gasteiger partial charge is 0.338 e. The second-order valence-corrected chi connectivity index (χ2v) is 9.33. The Hall–Kier alpha value is -2.00. The molecule has 168 valence electrons. The number of unbranched alkanes of at least 4 members (excludes halogenated alkanes) is 1. The number of nitrogens with zero attached hydrogens (tertiary/aromatic N) is 3. The molecule has 1 N–H and O–H groups in total. The Morgan fingerprint density at radius 1 is 1.26 bits per heavy atom. The molecule has 1 aromatic heterocycles. The highest BCUT2D eigenvalue weighted by Crippen LogP contribution is 2.41. The minimum Gasteiger partial charge on any atom is -0.493 e. The van der Waals surface area contributed by atoms with Crippen LogP contribution in [0.25, 0.3) is 0 Å². The first-order chi connectivity index (χ1) is 15.0. The molecule has 0 radical (unpaired) electrons. The van der Waals surface area contributed by atoms with Gasteiger partial charge in [0.1, 0.15) is 11.8 Å². The number of carbonyl (C=O) groups excluding carboxylic acids is 1. The van der Waals surface area contributed by atoms with Crippen LogP contribution in [-0.4, -0.2) is 39.7 Å². The third-order valence-corrected chi connectivity index (χ3v) is 6.00. The highest BCUT2D eigenvalue weighted by Gasteiger charge is 2.37. The standard InChI is InChI=1S/C22H29BrN4O3S/c1-5-8-12-29-17-10-9-15(23)13-16(17)19-18(20(28)30-11-6-2)14(4)24-21-25-22(31-7-3)26-27(19)21/h9-10,13,19H,5-8,11-12H2,1-4H3,(H,24,25,26). The van der Waals surface area contributed by atoms with Crippen molar-refractivity contribution < 1.29 is 14.3 Å². The molecule has 0 spiro atoms. The Morgan fingerprint density at radius 2 is 2.06 bits per heavy atom. The lowest BCUT2D eigenvalue weighted by molar-refractivity contribution is -0.139. The molecular weight excluding hydrogens is 480 g/mol. The lowest BCUT2D eigenvalue weighted by Crippen LogP contribution is -2.30. The maximum Gasteiger partial charge on any atom is 0.338 e. The van der Waals surface area contributed by atoms with Crippen molar-refractivity contribution in [3.05, 3.63) is 39.5 Å². The summed E-state index contributed by atoms with van der Waals surface area (Å²) in [5.74, 6) is 1.82. The quantitative estimate of drug-likeness (QED) is 0.255. The van der Waals surface area contributed by atoms with Gasteiger partial charge in [-0.25, -0.2) is 9.48 Å². The van der Waals surface area contributed by atoms with Crippen LogP contribution < -0.4 is 10.1 Å². The van der Waals surface area contributed by atoms with Gasteiger partial charge in [0.2, 0.25) is 11.1 Å². The largest absolute Gasteiger partial charge is 0.493 e. The molecule has 1 aliphatic rings. The van der Waals surface area contributed by atoms with Crippen molar-refractivity contribution >= 4 is 39.6 Å². The first-order valence-corrected chi connectivity index (χ1v) is 12.4. The second kappa shape index (κ2) is 11.0. The maximum atomic E-state index is 13.1. The van der Waals surface area contributed by atoms with Crippen LogP contribution in [0.3, 0.4) is 0 Å². The van der Waals surface area contributed by atoms with Crippen molar-refractivity contribution in [2.45, 2.75) is 58.2 Å². The number of hydrogen-bond acceptors (Lipinski definition) is 7. The average molecular weight is 509 g/mol. The number of esters is 1. The molecule has 0 bridgehead atoms. The third-order valence-electron chi connectivity index (χ3n) is 4.79. The molecule has 1 unspecified atom stereocenters. The molecule has 1 aliphatic heterocycles. The van der Waals surface area contributed by atoms with E-state index < -0.39 is 6.04 Å². The van der Waals surface area contributed by atoms with Crippen LogP contribution in [-0.2, 0) is 9.53 Å². The first-order valence-electron chi connectivity index (χ1n) is 10.7. The molecule has 7 nitrogen and oxygen atoms in total. The molecule has 0 saturated carbocycles. The van der Waals surface area contributed by atoms with Crippen molar-refractivity contribution in [3.63, 3.8) is 0 Å². The van der Waals surface area contributed by atoms with Gasteiger partial charge in [-0.05, 0) is 43.7 Å². The van der Waals surface area contributed by atoms with Crippen LogP contribution in [0.2, 0.25) is 0 Å². The van der Waals surface area contributed by atoms with Crippen LogP contribution in [0, 0.1) is 0 Å². The molecule has 1 atom stereocenters. The highest BCUT2D eigenvalue weighted by atomic mass is 79.9. The number of aromatic nitrogens is 3. The van der Waals surface area contributed by atoms with Gasteiger partial charge in [0.25, 0.3) is 0 Å². The first kappa shape index (κ1) is 23.7. The zero-order valence-corrected chi connectivity index (χ0v) is 20.8. The number of halogens is 1. The minimum atomic E-state index is -0.506. The fourth-order valence-electron chi connectivity index (χ4n) is 3.34. The van der Waals surface area contributed by atoms with Gasteiger partial charge in [0.15, 0.2) is 0 Å². The van der Waals surface area contributed by atoms with Crippen LogP contribution in [0.4, 0.5) is 5.95 Å². The van der Waals surface area contributed by atoms with Crippen molar-refractivity contribution in [1.29, 1.82) is 0 Å². The molecule has 2 aromatic rings. The Labute approximate surface area is 196 Å². The highest BCUT2D eigenvalue weighted by molar-refractivity contribution is 9.10. The normalized spacial score (nSPS) is 15.5. The molecule has 0 fully saturated rings. The summed E-state index contributed by atoms with van der Waals surface area (Å²) in [4.78, 5) is 17.7. The Morgan fingerprint density at radius 3 is 2.77 bits per heavy atom. The van der Waals surface area contributed by atoms with E-state index >= 15 is 0 Å².